The number of halogens is 3. The summed E-state index contributed by atoms with van der Waals surface area (Å²) in [6.07, 6.45) is 3.89. The highest BCUT2D eigenvalue weighted by molar-refractivity contribution is 5.93. The molecule has 0 saturated heterocycles. The Morgan fingerprint density at radius 1 is 1.13 bits per heavy atom. The van der Waals surface area contributed by atoms with Crippen LogP contribution < -0.4 is 16.2 Å². The molecule has 3 aromatic rings. The van der Waals surface area contributed by atoms with Gasteiger partial charge in [-0.2, -0.15) is 13.2 Å². The molecule has 2 aromatic heterocycles. The van der Waals surface area contributed by atoms with Crippen LogP contribution in [0.1, 0.15) is 25.7 Å². The standard InChI is InChI=1S/C21H24F3N5O/c1-28-19-7-6-16(29-9-8-25-13-29)10-17(19)18(11-20(28)30)27-15-4-2-14(3-5-15)26-12-21(22,23)24/h6-11,13-15,26-27H,2-5,12H2,1H3. The minimum atomic E-state index is -4.19. The van der Waals surface area contributed by atoms with Gasteiger partial charge in [-0.25, -0.2) is 4.98 Å². The zero-order valence-electron chi connectivity index (χ0n) is 16.6. The van der Waals surface area contributed by atoms with Gasteiger partial charge in [0, 0.05) is 54.4 Å². The van der Waals surface area contributed by atoms with Gasteiger partial charge in [-0.3, -0.25) is 4.79 Å². The number of rotatable bonds is 5. The lowest BCUT2D eigenvalue weighted by Gasteiger charge is -2.31. The molecule has 0 aliphatic heterocycles. The minimum absolute atomic E-state index is 0.110. The smallest absolute Gasteiger partial charge is 0.382 e. The van der Waals surface area contributed by atoms with Crippen LogP contribution in [0.2, 0.25) is 0 Å². The first-order chi connectivity index (χ1) is 14.3. The Hall–Kier alpha value is -2.81. The molecular weight excluding hydrogens is 395 g/mol. The highest BCUT2D eigenvalue weighted by atomic mass is 19.4. The third-order valence-electron chi connectivity index (χ3n) is 5.71. The molecule has 1 aromatic carbocycles. The number of imidazole rings is 1. The Balaban J connectivity index is 1.53. The molecule has 1 fully saturated rings. The van der Waals surface area contributed by atoms with E-state index < -0.39 is 12.7 Å². The quantitative estimate of drug-likeness (QED) is 0.663. The first-order valence-electron chi connectivity index (χ1n) is 9.99. The molecule has 2 heterocycles. The predicted molar refractivity (Wildman–Crippen MR) is 110 cm³/mol. The fraction of sp³-hybridized carbons (Fsp3) is 0.429. The SMILES string of the molecule is Cn1c(=O)cc(NC2CCC(NCC(F)(F)F)CC2)c2cc(-n3ccnc3)ccc21. The zero-order valence-corrected chi connectivity index (χ0v) is 16.6. The Morgan fingerprint density at radius 3 is 2.53 bits per heavy atom. The van der Waals surface area contributed by atoms with Crippen LogP contribution in [0.5, 0.6) is 0 Å². The summed E-state index contributed by atoms with van der Waals surface area (Å²) in [5.41, 5.74) is 2.39. The van der Waals surface area contributed by atoms with Crippen molar-refractivity contribution in [2.75, 3.05) is 11.9 Å². The summed E-state index contributed by atoms with van der Waals surface area (Å²) in [5.74, 6) is 0. The molecule has 4 rings (SSSR count). The molecule has 0 unspecified atom stereocenters. The van der Waals surface area contributed by atoms with Crippen molar-refractivity contribution < 1.29 is 13.2 Å². The molecule has 0 spiro atoms. The van der Waals surface area contributed by atoms with Gasteiger partial charge in [0.2, 0.25) is 0 Å². The van der Waals surface area contributed by atoms with Crippen molar-refractivity contribution in [3.63, 3.8) is 0 Å². The number of pyridine rings is 1. The number of anilines is 1. The molecule has 0 amide bonds. The average Bonchev–Trinajstić information content (AvgIpc) is 3.25. The number of benzene rings is 1. The van der Waals surface area contributed by atoms with Crippen molar-refractivity contribution in [2.24, 2.45) is 7.05 Å². The second kappa shape index (κ2) is 8.14. The van der Waals surface area contributed by atoms with Crippen LogP contribution in [0, 0.1) is 0 Å². The van der Waals surface area contributed by atoms with Crippen LogP contribution in [0.15, 0.2) is 47.8 Å². The Kier molecular flexibility index (Phi) is 5.55. The third kappa shape index (κ3) is 4.51. The lowest BCUT2D eigenvalue weighted by molar-refractivity contribution is -0.126. The molecule has 30 heavy (non-hydrogen) atoms. The number of nitrogens with zero attached hydrogens (tertiary/aromatic N) is 3. The summed E-state index contributed by atoms with van der Waals surface area (Å²) in [4.78, 5) is 16.5. The Labute approximate surface area is 171 Å². The summed E-state index contributed by atoms with van der Waals surface area (Å²) in [7, 11) is 1.74. The highest BCUT2D eigenvalue weighted by Crippen LogP contribution is 2.28. The van der Waals surface area contributed by atoms with Crippen molar-refractivity contribution in [3.8, 4) is 5.69 Å². The molecule has 0 radical (unpaired) electrons. The van der Waals surface area contributed by atoms with Gasteiger partial charge in [0.25, 0.3) is 5.56 Å². The van der Waals surface area contributed by atoms with Gasteiger partial charge in [-0.05, 0) is 43.9 Å². The molecule has 160 valence electrons. The van der Waals surface area contributed by atoms with Crippen molar-refractivity contribution in [3.05, 3.63) is 53.3 Å². The van der Waals surface area contributed by atoms with E-state index in [4.69, 9.17) is 0 Å². The van der Waals surface area contributed by atoms with Gasteiger partial charge in [-0.15, -0.1) is 0 Å². The van der Waals surface area contributed by atoms with Gasteiger partial charge in [0.15, 0.2) is 0 Å². The number of hydrogen-bond acceptors (Lipinski definition) is 4. The fourth-order valence-electron chi connectivity index (χ4n) is 4.06. The van der Waals surface area contributed by atoms with Crippen LogP contribution in [0.25, 0.3) is 16.6 Å². The third-order valence-corrected chi connectivity index (χ3v) is 5.71. The largest absolute Gasteiger partial charge is 0.401 e. The molecule has 1 aliphatic rings. The van der Waals surface area contributed by atoms with Crippen molar-refractivity contribution in [1.29, 1.82) is 0 Å². The lowest BCUT2D eigenvalue weighted by Crippen LogP contribution is -2.41. The minimum Gasteiger partial charge on any atom is -0.382 e. The average molecular weight is 419 g/mol. The normalized spacial score (nSPS) is 19.9. The van der Waals surface area contributed by atoms with Gasteiger partial charge < -0.3 is 19.8 Å². The molecule has 1 saturated carbocycles. The van der Waals surface area contributed by atoms with E-state index in [1.807, 2.05) is 29.0 Å². The number of fused-ring (bicyclic) bond motifs is 1. The maximum Gasteiger partial charge on any atom is 0.401 e. The summed E-state index contributed by atoms with van der Waals surface area (Å²) >= 11 is 0. The van der Waals surface area contributed by atoms with Crippen LogP contribution in [-0.2, 0) is 7.05 Å². The number of aryl methyl sites for hydroxylation is 1. The topological polar surface area (TPSA) is 63.9 Å². The summed E-state index contributed by atoms with van der Waals surface area (Å²) in [5, 5.41) is 6.99. The lowest BCUT2D eigenvalue weighted by atomic mass is 9.91. The van der Waals surface area contributed by atoms with Crippen LogP contribution in [0.3, 0.4) is 0 Å². The summed E-state index contributed by atoms with van der Waals surface area (Å²) in [6.45, 7) is -0.952. The summed E-state index contributed by atoms with van der Waals surface area (Å²) in [6, 6.07) is 7.43. The second-order valence-corrected chi connectivity index (χ2v) is 7.82. The predicted octanol–water partition coefficient (Wildman–Crippen LogP) is 3.60. The molecule has 2 N–H and O–H groups in total. The van der Waals surface area contributed by atoms with Gasteiger partial charge in [0.05, 0.1) is 18.4 Å². The second-order valence-electron chi connectivity index (χ2n) is 7.82. The number of hydrogen-bond donors (Lipinski definition) is 2. The molecular formula is C21H24F3N5O. The first-order valence-corrected chi connectivity index (χ1v) is 9.99. The van der Waals surface area contributed by atoms with Crippen LogP contribution >= 0.6 is 0 Å². The van der Waals surface area contributed by atoms with Crippen LogP contribution in [-0.4, -0.2) is 38.9 Å². The van der Waals surface area contributed by atoms with E-state index in [0.29, 0.717) is 12.8 Å². The van der Waals surface area contributed by atoms with E-state index in [9.17, 15) is 18.0 Å². The Morgan fingerprint density at radius 2 is 1.87 bits per heavy atom. The first kappa shape index (κ1) is 20.5. The maximum atomic E-state index is 12.4. The number of aromatic nitrogens is 3. The van der Waals surface area contributed by atoms with E-state index in [1.165, 1.54) is 0 Å². The van der Waals surface area contributed by atoms with Crippen molar-refractivity contribution in [2.45, 2.75) is 43.9 Å². The van der Waals surface area contributed by atoms with E-state index in [1.54, 1.807) is 30.2 Å². The molecule has 0 atom stereocenters. The van der Waals surface area contributed by atoms with Gasteiger partial charge in [-0.1, -0.05) is 0 Å². The molecule has 9 heteroatoms. The summed E-state index contributed by atoms with van der Waals surface area (Å²) < 4.78 is 40.8. The maximum absolute atomic E-state index is 12.4. The van der Waals surface area contributed by atoms with Gasteiger partial charge in [0.1, 0.15) is 0 Å². The molecule has 1 aliphatic carbocycles. The van der Waals surface area contributed by atoms with E-state index in [-0.39, 0.29) is 17.6 Å². The van der Waals surface area contributed by atoms with E-state index in [2.05, 4.69) is 15.6 Å². The zero-order chi connectivity index (χ0) is 21.3. The molecule has 0 bridgehead atoms. The van der Waals surface area contributed by atoms with E-state index >= 15 is 0 Å². The van der Waals surface area contributed by atoms with Crippen molar-refractivity contribution in [1.82, 2.24) is 19.4 Å². The number of nitrogens with one attached hydrogen (secondary N) is 2. The number of alkyl halides is 3. The van der Waals surface area contributed by atoms with Gasteiger partial charge >= 0.3 is 6.18 Å². The van der Waals surface area contributed by atoms with Crippen LogP contribution in [0.4, 0.5) is 18.9 Å². The highest BCUT2D eigenvalue weighted by Gasteiger charge is 2.29. The molecule has 6 nitrogen and oxygen atoms in total. The fourth-order valence-corrected chi connectivity index (χ4v) is 4.06. The Bertz CT molecular complexity index is 1070. The van der Waals surface area contributed by atoms with E-state index in [0.717, 1.165) is 35.1 Å². The monoisotopic (exact) mass is 419 g/mol. The van der Waals surface area contributed by atoms with Crippen molar-refractivity contribution >= 4 is 16.6 Å².